The molecule has 2 unspecified atom stereocenters. The van der Waals surface area contributed by atoms with Gasteiger partial charge in [-0.1, -0.05) is 13.0 Å². The van der Waals surface area contributed by atoms with Crippen LogP contribution in [0, 0.1) is 5.92 Å². The van der Waals surface area contributed by atoms with E-state index in [2.05, 4.69) is 43.4 Å². The highest BCUT2D eigenvalue weighted by Gasteiger charge is 2.21. The van der Waals surface area contributed by atoms with E-state index in [4.69, 9.17) is 5.73 Å². The van der Waals surface area contributed by atoms with Crippen LogP contribution in [0.3, 0.4) is 0 Å². The molecule has 0 amide bonds. The number of nitrogens with zero attached hydrogens (tertiary/aromatic N) is 1. The fourth-order valence-corrected chi connectivity index (χ4v) is 2.98. The minimum atomic E-state index is 0.513. The number of hydrogen-bond acceptors (Lipinski definition) is 3. The minimum absolute atomic E-state index is 0.513. The van der Waals surface area contributed by atoms with Crippen molar-refractivity contribution in [2.45, 2.75) is 19.4 Å². The molecule has 2 atom stereocenters. The zero-order chi connectivity index (χ0) is 10.6. The van der Waals surface area contributed by atoms with Crippen molar-refractivity contribution in [1.82, 2.24) is 4.90 Å². The molecule has 0 radical (unpaired) electrons. The summed E-state index contributed by atoms with van der Waals surface area (Å²) in [7, 11) is 4.27. The van der Waals surface area contributed by atoms with Crippen LogP contribution in [0.5, 0.6) is 0 Å². The third-order valence-corrected chi connectivity index (χ3v) is 3.49. The number of hydrogen-bond donors (Lipinski definition) is 1. The maximum absolute atomic E-state index is 5.61. The Balaban J connectivity index is 2.74. The molecule has 1 rings (SSSR count). The van der Waals surface area contributed by atoms with Gasteiger partial charge in [0.05, 0.1) is 0 Å². The van der Waals surface area contributed by atoms with Gasteiger partial charge < -0.3 is 10.6 Å². The van der Waals surface area contributed by atoms with E-state index < -0.39 is 0 Å². The van der Waals surface area contributed by atoms with Crippen LogP contribution in [0.1, 0.15) is 24.3 Å². The predicted octanol–water partition coefficient (Wildman–Crippen LogP) is 2.34. The van der Waals surface area contributed by atoms with Crippen LogP contribution >= 0.6 is 11.3 Å². The number of thiophene rings is 1. The van der Waals surface area contributed by atoms with Gasteiger partial charge in [-0.05, 0) is 44.4 Å². The molecule has 1 aromatic heterocycles. The van der Waals surface area contributed by atoms with Gasteiger partial charge in [0.15, 0.2) is 0 Å². The summed E-state index contributed by atoms with van der Waals surface area (Å²) in [6, 6.07) is 4.84. The van der Waals surface area contributed by atoms with E-state index >= 15 is 0 Å². The summed E-state index contributed by atoms with van der Waals surface area (Å²) in [6.45, 7) is 3.05. The lowest BCUT2D eigenvalue weighted by molar-refractivity contribution is 0.220. The Kier molecular flexibility index (Phi) is 4.58. The predicted molar refractivity (Wildman–Crippen MR) is 63.6 cm³/mol. The van der Waals surface area contributed by atoms with Crippen LogP contribution in [0.4, 0.5) is 0 Å². The average molecular weight is 212 g/mol. The average Bonchev–Trinajstić information content (AvgIpc) is 2.57. The van der Waals surface area contributed by atoms with E-state index in [1.165, 1.54) is 4.88 Å². The first-order chi connectivity index (χ1) is 6.66. The van der Waals surface area contributed by atoms with Gasteiger partial charge in [-0.2, -0.15) is 0 Å². The molecular weight excluding hydrogens is 192 g/mol. The van der Waals surface area contributed by atoms with Crippen molar-refractivity contribution >= 4 is 11.3 Å². The van der Waals surface area contributed by atoms with Gasteiger partial charge in [0, 0.05) is 10.9 Å². The van der Waals surface area contributed by atoms with Gasteiger partial charge in [-0.15, -0.1) is 11.3 Å². The molecule has 0 aliphatic carbocycles. The van der Waals surface area contributed by atoms with E-state index in [1.54, 1.807) is 0 Å². The molecule has 0 aliphatic rings. The second-order valence-corrected chi connectivity index (χ2v) is 4.96. The molecule has 1 aromatic rings. The van der Waals surface area contributed by atoms with Crippen LogP contribution in [0.25, 0.3) is 0 Å². The van der Waals surface area contributed by atoms with Crippen LogP contribution < -0.4 is 5.73 Å². The Morgan fingerprint density at radius 2 is 2.21 bits per heavy atom. The lowest BCUT2D eigenvalue weighted by atomic mass is 9.96. The van der Waals surface area contributed by atoms with Crippen molar-refractivity contribution in [2.75, 3.05) is 20.6 Å². The van der Waals surface area contributed by atoms with Crippen molar-refractivity contribution in [3.63, 3.8) is 0 Å². The van der Waals surface area contributed by atoms with Crippen molar-refractivity contribution in [1.29, 1.82) is 0 Å². The van der Waals surface area contributed by atoms with E-state index in [0.717, 1.165) is 13.0 Å². The molecule has 14 heavy (non-hydrogen) atoms. The third-order valence-electron chi connectivity index (χ3n) is 2.55. The molecule has 0 fully saturated rings. The molecule has 2 N–H and O–H groups in total. The Bertz CT molecular complexity index is 244. The quantitative estimate of drug-likeness (QED) is 0.811. The fourth-order valence-electron chi connectivity index (χ4n) is 1.92. The smallest absolute Gasteiger partial charge is 0.0461 e. The van der Waals surface area contributed by atoms with Gasteiger partial charge in [-0.3, -0.25) is 0 Å². The Morgan fingerprint density at radius 1 is 1.50 bits per heavy atom. The zero-order valence-corrected chi connectivity index (χ0v) is 10.1. The van der Waals surface area contributed by atoms with Crippen molar-refractivity contribution in [3.8, 4) is 0 Å². The molecule has 0 aromatic carbocycles. The van der Waals surface area contributed by atoms with Gasteiger partial charge >= 0.3 is 0 Å². The molecule has 2 nitrogen and oxygen atoms in total. The summed E-state index contributed by atoms with van der Waals surface area (Å²) in [5.41, 5.74) is 5.61. The second-order valence-electron chi connectivity index (χ2n) is 3.98. The van der Waals surface area contributed by atoms with Gasteiger partial charge in [0.2, 0.25) is 0 Å². The lowest BCUT2D eigenvalue weighted by Gasteiger charge is -2.29. The molecule has 0 spiro atoms. The van der Waals surface area contributed by atoms with Crippen molar-refractivity contribution in [2.24, 2.45) is 11.7 Å². The maximum Gasteiger partial charge on any atom is 0.0461 e. The van der Waals surface area contributed by atoms with Gasteiger partial charge in [0.1, 0.15) is 0 Å². The van der Waals surface area contributed by atoms with Crippen LogP contribution in [0.2, 0.25) is 0 Å². The third kappa shape index (κ3) is 2.80. The molecule has 0 saturated heterocycles. The lowest BCUT2D eigenvalue weighted by Crippen LogP contribution is -2.26. The number of rotatable bonds is 5. The standard InChI is InChI=1S/C11H20N2S/c1-9(6-7-12)11(13(2)3)10-5-4-8-14-10/h4-5,8-9,11H,6-7,12H2,1-3H3. The van der Waals surface area contributed by atoms with Crippen molar-refractivity contribution in [3.05, 3.63) is 22.4 Å². The Hall–Kier alpha value is -0.380. The SMILES string of the molecule is CC(CCN)C(c1cccs1)N(C)C. The first kappa shape index (κ1) is 11.7. The molecule has 3 heteroatoms. The molecule has 0 bridgehead atoms. The van der Waals surface area contributed by atoms with Crippen molar-refractivity contribution < 1.29 is 0 Å². The van der Waals surface area contributed by atoms with E-state index in [1.807, 2.05) is 11.3 Å². The summed E-state index contributed by atoms with van der Waals surface area (Å²) in [5, 5.41) is 2.14. The zero-order valence-electron chi connectivity index (χ0n) is 9.23. The van der Waals surface area contributed by atoms with Crippen LogP contribution in [0.15, 0.2) is 17.5 Å². The summed E-state index contributed by atoms with van der Waals surface area (Å²) < 4.78 is 0. The normalized spacial score (nSPS) is 15.8. The number of nitrogens with two attached hydrogens (primary N) is 1. The maximum atomic E-state index is 5.61. The summed E-state index contributed by atoms with van der Waals surface area (Å²) in [5.74, 6) is 0.619. The topological polar surface area (TPSA) is 29.3 Å². The molecule has 0 saturated carbocycles. The van der Waals surface area contributed by atoms with E-state index in [-0.39, 0.29) is 0 Å². The summed E-state index contributed by atoms with van der Waals surface area (Å²) >= 11 is 1.83. The van der Waals surface area contributed by atoms with Gasteiger partial charge in [0.25, 0.3) is 0 Å². The van der Waals surface area contributed by atoms with E-state index in [9.17, 15) is 0 Å². The largest absolute Gasteiger partial charge is 0.330 e. The highest BCUT2D eigenvalue weighted by atomic mass is 32.1. The first-order valence-electron chi connectivity index (χ1n) is 5.06. The van der Waals surface area contributed by atoms with E-state index in [0.29, 0.717) is 12.0 Å². The van der Waals surface area contributed by atoms with Crippen LogP contribution in [-0.2, 0) is 0 Å². The first-order valence-corrected chi connectivity index (χ1v) is 5.94. The van der Waals surface area contributed by atoms with Gasteiger partial charge in [-0.25, -0.2) is 0 Å². The summed E-state index contributed by atoms with van der Waals surface area (Å²) in [4.78, 5) is 3.72. The highest BCUT2D eigenvalue weighted by Crippen LogP contribution is 2.31. The molecule has 1 heterocycles. The highest BCUT2D eigenvalue weighted by molar-refractivity contribution is 7.10. The second kappa shape index (κ2) is 5.49. The molecule has 80 valence electrons. The monoisotopic (exact) mass is 212 g/mol. The Labute approximate surface area is 90.7 Å². The van der Waals surface area contributed by atoms with Crippen LogP contribution in [-0.4, -0.2) is 25.5 Å². The minimum Gasteiger partial charge on any atom is -0.330 e. The molecule has 0 aliphatic heterocycles. The Morgan fingerprint density at radius 3 is 2.64 bits per heavy atom. The summed E-state index contributed by atoms with van der Waals surface area (Å²) in [6.07, 6.45) is 1.08. The molecular formula is C11H20N2S. The fraction of sp³-hybridized carbons (Fsp3) is 0.636.